The summed E-state index contributed by atoms with van der Waals surface area (Å²) in [5, 5.41) is 2.80. The summed E-state index contributed by atoms with van der Waals surface area (Å²) in [6.07, 6.45) is 1.23. The number of amides is 1. The van der Waals surface area contributed by atoms with Gasteiger partial charge in [-0.1, -0.05) is 25.4 Å². The van der Waals surface area contributed by atoms with E-state index < -0.39 is 5.82 Å². The predicted octanol–water partition coefficient (Wildman–Crippen LogP) is 1.98. The van der Waals surface area contributed by atoms with E-state index in [2.05, 4.69) is 19.2 Å². The van der Waals surface area contributed by atoms with E-state index >= 15 is 0 Å². The van der Waals surface area contributed by atoms with Gasteiger partial charge >= 0.3 is 0 Å². The van der Waals surface area contributed by atoms with Crippen LogP contribution in [0.3, 0.4) is 0 Å². The number of hydrogen-bond donors (Lipinski definition) is 2. The molecule has 0 aromatic heterocycles. The number of piperidine rings is 1. The first-order valence-corrected chi connectivity index (χ1v) is 7.40. The Morgan fingerprint density at radius 2 is 2.05 bits per heavy atom. The van der Waals surface area contributed by atoms with Gasteiger partial charge in [-0.2, -0.15) is 0 Å². The summed E-state index contributed by atoms with van der Waals surface area (Å²) in [4.78, 5) is 13.3. The predicted molar refractivity (Wildman–Crippen MR) is 78.5 cm³/mol. The first-order chi connectivity index (χ1) is 9.44. The van der Waals surface area contributed by atoms with Crippen molar-refractivity contribution < 1.29 is 14.1 Å². The van der Waals surface area contributed by atoms with Gasteiger partial charge in [-0.25, -0.2) is 4.39 Å². The van der Waals surface area contributed by atoms with Crippen molar-refractivity contribution in [2.24, 2.45) is 11.8 Å². The minimum atomic E-state index is -0.478. The Hall–Kier alpha value is -1.13. The van der Waals surface area contributed by atoms with Gasteiger partial charge in [0.2, 0.25) is 0 Å². The van der Waals surface area contributed by atoms with Crippen molar-refractivity contribution in [1.82, 2.24) is 0 Å². The highest BCUT2D eigenvalue weighted by molar-refractivity contribution is 6.31. The molecule has 0 radical (unpaired) electrons. The summed E-state index contributed by atoms with van der Waals surface area (Å²) in [7, 11) is 0. The number of carbonyl (C=O) groups excluding carboxylic acids is 1. The Balaban J connectivity index is 1.90. The van der Waals surface area contributed by atoms with Gasteiger partial charge in [-0.3, -0.25) is 4.79 Å². The highest BCUT2D eigenvalue weighted by Gasteiger charge is 2.26. The van der Waals surface area contributed by atoms with Crippen LogP contribution in [0.2, 0.25) is 5.02 Å². The molecule has 3 nitrogen and oxygen atoms in total. The molecule has 5 heteroatoms. The van der Waals surface area contributed by atoms with Crippen molar-refractivity contribution in [2.75, 3.05) is 25.0 Å². The van der Waals surface area contributed by atoms with E-state index in [-0.39, 0.29) is 10.9 Å². The third-order valence-corrected chi connectivity index (χ3v) is 3.98. The van der Waals surface area contributed by atoms with E-state index in [1.165, 1.54) is 29.5 Å². The average Bonchev–Trinajstić information content (AvgIpc) is 2.32. The van der Waals surface area contributed by atoms with E-state index in [9.17, 15) is 9.18 Å². The van der Waals surface area contributed by atoms with Gasteiger partial charge in [0.25, 0.3) is 5.91 Å². The zero-order valence-corrected chi connectivity index (χ0v) is 12.6. The van der Waals surface area contributed by atoms with Crippen LogP contribution in [-0.4, -0.2) is 25.5 Å². The largest absolute Gasteiger partial charge is 0.327 e. The summed E-state index contributed by atoms with van der Waals surface area (Å²) in [6.45, 7) is 6.97. The van der Waals surface area contributed by atoms with Crippen LogP contribution in [0, 0.1) is 17.7 Å². The molecule has 1 aromatic rings. The summed E-state index contributed by atoms with van der Waals surface area (Å²) in [5.74, 6) is 0.779. The van der Waals surface area contributed by atoms with E-state index in [1.807, 2.05) is 0 Å². The molecule has 110 valence electrons. The number of rotatable bonds is 3. The molecule has 1 aromatic carbocycles. The fourth-order valence-electron chi connectivity index (χ4n) is 3.07. The lowest BCUT2D eigenvalue weighted by molar-refractivity contribution is -0.904. The minimum Gasteiger partial charge on any atom is -0.327 e. The molecule has 1 aliphatic heterocycles. The Morgan fingerprint density at radius 1 is 1.40 bits per heavy atom. The summed E-state index contributed by atoms with van der Waals surface area (Å²) in [5.41, 5.74) is 0.541. The number of carbonyl (C=O) groups is 1. The van der Waals surface area contributed by atoms with Crippen LogP contribution in [0.1, 0.15) is 20.3 Å². The Kier molecular flexibility index (Phi) is 5.00. The van der Waals surface area contributed by atoms with Crippen molar-refractivity contribution in [3.63, 3.8) is 0 Å². The van der Waals surface area contributed by atoms with Crippen LogP contribution >= 0.6 is 11.6 Å². The highest BCUT2D eigenvalue weighted by Crippen LogP contribution is 2.19. The maximum absolute atomic E-state index is 13.0. The van der Waals surface area contributed by atoms with Crippen molar-refractivity contribution in [3.8, 4) is 0 Å². The molecule has 0 spiro atoms. The molecule has 1 fully saturated rings. The first kappa shape index (κ1) is 15.3. The van der Waals surface area contributed by atoms with Gasteiger partial charge in [-0.15, -0.1) is 0 Å². The van der Waals surface area contributed by atoms with Gasteiger partial charge in [0.1, 0.15) is 5.82 Å². The monoisotopic (exact) mass is 299 g/mol. The van der Waals surface area contributed by atoms with E-state index in [0.717, 1.165) is 13.1 Å². The molecule has 1 amide bonds. The molecule has 1 saturated heterocycles. The maximum atomic E-state index is 13.0. The van der Waals surface area contributed by atoms with Crippen molar-refractivity contribution in [3.05, 3.63) is 29.0 Å². The third kappa shape index (κ3) is 4.18. The number of hydrogen-bond acceptors (Lipinski definition) is 1. The Labute approximate surface area is 124 Å². The maximum Gasteiger partial charge on any atom is 0.279 e. The van der Waals surface area contributed by atoms with E-state index in [0.29, 0.717) is 24.1 Å². The van der Waals surface area contributed by atoms with Crippen molar-refractivity contribution in [1.29, 1.82) is 0 Å². The lowest BCUT2D eigenvalue weighted by Crippen LogP contribution is -3.15. The summed E-state index contributed by atoms with van der Waals surface area (Å²) < 4.78 is 13.0. The number of anilines is 1. The fourth-order valence-corrected chi connectivity index (χ4v) is 3.25. The van der Waals surface area contributed by atoms with Crippen LogP contribution in [-0.2, 0) is 4.79 Å². The number of benzene rings is 1. The normalized spacial score (nSPS) is 26.3. The minimum absolute atomic E-state index is 0.0235. The lowest BCUT2D eigenvalue weighted by Gasteiger charge is -2.31. The molecule has 20 heavy (non-hydrogen) atoms. The van der Waals surface area contributed by atoms with Gasteiger partial charge < -0.3 is 10.2 Å². The molecule has 2 rings (SSSR count). The molecule has 1 heterocycles. The van der Waals surface area contributed by atoms with Crippen LogP contribution < -0.4 is 10.2 Å². The van der Waals surface area contributed by atoms with Crippen molar-refractivity contribution in [2.45, 2.75) is 20.3 Å². The number of likely N-dealkylation sites (tertiary alicyclic amines) is 1. The van der Waals surface area contributed by atoms with Crippen LogP contribution in [0.25, 0.3) is 0 Å². The lowest BCUT2D eigenvalue weighted by atomic mass is 9.92. The molecule has 0 unspecified atom stereocenters. The van der Waals surface area contributed by atoms with E-state index in [4.69, 9.17) is 11.6 Å². The number of halogens is 2. The third-order valence-electron chi connectivity index (χ3n) is 3.69. The second kappa shape index (κ2) is 6.55. The molecule has 2 N–H and O–H groups in total. The number of nitrogens with one attached hydrogen (secondary N) is 2. The molecule has 2 atom stereocenters. The molecule has 0 aliphatic carbocycles. The highest BCUT2D eigenvalue weighted by atomic mass is 35.5. The van der Waals surface area contributed by atoms with Crippen LogP contribution in [0.5, 0.6) is 0 Å². The molecule has 0 bridgehead atoms. The number of quaternary nitrogens is 1. The van der Waals surface area contributed by atoms with Gasteiger partial charge in [0.15, 0.2) is 6.54 Å². The van der Waals surface area contributed by atoms with Gasteiger partial charge in [0, 0.05) is 17.5 Å². The Bertz CT molecular complexity index is 485. The van der Waals surface area contributed by atoms with E-state index in [1.54, 1.807) is 0 Å². The second-order valence-electron chi connectivity index (χ2n) is 5.96. The standard InChI is InChI=1S/C15H20ClFN2O/c1-10-5-11(2)8-19(7-10)9-15(20)18-12-3-4-14(17)13(16)6-12/h3-4,6,10-11H,5,7-9H2,1-2H3,(H,18,20)/p+1/t10-,11-/m0/s1. The zero-order chi connectivity index (χ0) is 14.7. The van der Waals surface area contributed by atoms with Crippen LogP contribution in [0.15, 0.2) is 18.2 Å². The molecular weight excluding hydrogens is 279 g/mol. The summed E-state index contributed by atoms with van der Waals surface area (Å²) in [6, 6.07) is 4.22. The zero-order valence-electron chi connectivity index (χ0n) is 11.9. The summed E-state index contributed by atoms with van der Waals surface area (Å²) >= 11 is 5.70. The Morgan fingerprint density at radius 3 is 2.65 bits per heavy atom. The van der Waals surface area contributed by atoms with Crippen molar-refractivity contribution >= 4 is 23.2 Å². The van der Waals surface area contributed by atoms with Gasteiger partial charge in [0.05, 0.1) is 18.1 Å². The van der Waals surface area contributed by atoms with Crippen LogP contribution in [0.4, 0.5) is 10.1 Å². The quantitative estimate of drug-likeness (QED) is 0.879. The average molecular weight is 300 g/mol. The molecule has 0 saturated carbocycles. The van der Waals surface area contributed by atoms with Gasteiger partial charge in [-0.05, 0) is 24.6 Å². The smallest absolute Gasteiger partial charge is 0.279 e. The fraction of sp³-hybridized carbons (Fsp3) is 0.533. The topological polar surface area (TPSA) is 33.5 Å². The molecular formula is C15H21ClFN2O+. The molecule has 1 aliphatic rings. The second-order valence-corrected chi connectivity index (χ2v) is 6.37. The first-order valence-electron chi connectivity index (χ1n) is 7.02. The SMILES string of the molecule is C[C@H]1C[C@H](C)C[NH+](CC(=O)Nc2ccc(F)c(Cl)c2)C1.